The highest BCUT2D eigenvalue weighted by atomic mass is 16.5. The van der Waals surface area contributed by atoms with Crippen molar-refractivity contribution >= 4 is 0 Å². The summed E-state index contributed by atoms with van der Waals surface area (Å²) in [5.74, 6) is 0.682. The average Bonchev–Trinajstić information content (AvgIpc) is 2.28. The zero-order valence-electron chi connectivity index (χ0n) is 10.9. The second-order valence-corrected chi connectivity index (χ2v) is 4.42. The van der Waals surface area contributed by atoms with Gasteiger partial charge in [-0.3, -0.25) is 4.98 Å². The first-order chi connectivity index (χ1) is 8.02. The third-order valence-corrected chi connectivity index (χ3v) is 2.45. The molecule has 1 aromatic rings. The molecule has 2 atom stereocenters. The number of aliphatic hydroxyl groups excluding tert-OH is 1. The van der Waals surface area contributed by atoms with Gasteiger partial charge in [0.05, 0.1) is 24.5 Å². The average molecular weight is 239 g/mol. The van der Waals surface area contributed by atoms with E-state index in [0.29, 0.717) is 12.2 Å². The van der Waals surface area contributed by atoms with Crippen LogP contribution in [0.25, 0.3) is 0 Å². The highest BCUT2D eigenvalue weighted by molar-refractivity contribution is 5.25. The van der Waals surface area contributed by atoms with Crippen molar-refractivity contribution in [1.29, 1.82) is 0 Å². The van der Waals surface area contributed by atoms with Crippen LogP contribution in [0.1, 0.15) is 38.9 Å². The number of pyridine rings is 1. The minimum atomic E-state index is -0.576. The summed E-state index contributed by atoms with van der Waals surface area (Å²) in [4.78, 5) is 4.07. The summed E-state index contributed by atoms with van der Waals surface area (Å²) in [6, 6.07) is 1.82. The lowest BCUT2D eigenvalue weighted by molar-refractivity contribution is 0.0557. The molecular formula is C13H21NO3. The quantitative estimate of drug-likeness (QED) is 0.827. The second-order valence-electron chi connectivity index (χ2n) is 4.42. The molecule has 1 N–H and O–H groups in total. The van der Waals surface area contributed by atoms with E-state index in [1.807, 2.05) is 26.8 Å². The molecule has 0 radical (unpaired) electrons. The van der Waals surface area contributed by atoms with Gasteiger partial charge in [-0.05, 0) is 26.8 Å². The minimum absolute atomic E-state index is 0.0136. The number of hydrogen-bond acceptors (Lipinski definition) is 4. The Morgan fingerprint density at radius 1 is 1.29 bits per heavy atom. The van der Waals surface area contributed by atoms with Crippen molar-refractivity contribution < 1.29 is 14.6 Å². The van der Waals surface area contributed by atoms with Crippen molar-refractivity contribution in [1.82, 2.24) is 4.98 Å². The molecule has 0 saturated heterocycles. The van der Waals surface area contributed by atoms with Gasteiger partial charge in [0.1, 0.15) is 5.75 Å². The van der Waals surface area contributed by atoms with Crippen LogP contribution >= 0.6 is 0 Å². The van der Waals surface area contributed by atoms with Gasteiger partial charge in [0.2, 0.25) is 0 Å². The second kappa shape index (κ2) is 6.57. The van der Waals surface area contributed by atoms with Crippen molar-refractivity contribution in [2.45, 2.75) is 45.5 Å². The van der Waals surface area contributed by atoms with Crippen LogP contribution in [0, 0.1) is 0 Å². The van der Waals surface area contributed by atoms with Gasteiger partial charge in [0, 0.05) is 25.3 Å². The third-order valence-electron chi connectivity index (χ3n) is 2.45. The lowest BCUT2D eigenvalue weighted by atomic mass is 10.1. The molecule has 1 heterocycles. The monoisotopic (exact) mass is 239 g/mol. The molecule has 0 spiro atoms. The molecule has 0 aliphatic carbocycles. The highest BCUT2D eigenvalue weighted by Crippen LogP contribution is 2.22. The van der Waals surface area contributed by atoms with E-state index < -0.39 is 6.10 Å². The fourth-order valence-electron chi connectivity index (χ4n) is 1.50. The first-order valence-corrected chi connectivity index (χ1v) is 5.85. The van der Waals surface area contributed by atoms with Crippen LogP contribution in [0.5, 0.6) is 5.75 Å². The van der Waals surface area contributed by atoms with E-state index in [4.69, 9.17) is 9.47 Å². The minimum Gasteiger partial charge on any atom is -0.489 e. The smallest absolute Gasteiger partial charge is 0.138 e. The van der Waals surface area contributed by atoms with E-state index >= 15 is 0 Å². The van der Waals surface area contributed by atoms with Crippen molar-refractivity contribution in [2.24, 2.45) is 0 Å². The zero-order valence-corrected chi connectivity index (χ0v) is 10.9. The van der Waals surface area contributed by atoms with Crippen molar-refractivity contribution in [3.05, 3.63) is 24.0 Å². The fourth-order valence-corrected chi connectivity index (χ4v) is 1.50. The van der Waals surface area contributed by atoms with E-state index in [1.165, 1.54) is 0 Å². The number of rotatable bonds is 6. The first-order valence-electron chi connectivity index (χ1n) is 5.85. The van der Waals surface area contributed by atoms with Gasteiger partial charge in [-0.25, -0.2) is 0 Å². The van der Waals surface area contributed by atoms with Gasteiger partial charge < -0.3 is 14.6 Å². The Kier molecular flexibility index (Phi) is 5.38. The molecule has 0 fully saturated rings. The largest absolute Gasteiger partial charge is 0.489 e. The van der Waals surface area contributed by atoms with Crippen molar-refractivity contribution in [3.63, 3.8) is 0 Å². The topological polar surface area (TPSA) is 51.6 Å². The van der Waals surface area contributed by atoms with Crippen LogP contribution in [-0.2, 0) is 4.74 Å². The molecule has 0 bridgehead atoms. The molecule has 17 heavy (non-hydrogen) atoms. The van der Waals surface area contributed by atoms with Gasteiger partial charge in [-0.15, -0.1) is 0 Å². The molecule has 0 aliphatic heterocycles. The highest BCUT2D eigenvalue weighted by Gasteiger charge is 2.13. The Bertz CT molecular complexity index is 341. The molecule has 0 amide bonds. The van der Waals surface area contributed by atoms with Crippen LogP contribution < -0.4 is 4.74 Å². The van der Waals surface area contributed by atoms with Gasteiger partial charge in [0.25, 0.3) is 0 Å². The normalized spacial score (nSPS) is 14.7. The van der Waals surface area contributed by atoms with Crippen molar-refractivity contribution in [2.75, 3.05) is 7.11 Å². The number of aliphatic hydroxyl groups is 1. The molecule has 1 rings (SSSR count). The Labute approximate surface area is 103 Å². The lowest BCUT2D eigenvalue weighted by Gasteiger charge is -2.16. The van der Waals surface area contributed by atoms with Crippen molar-refractivity contribution in [3.8, 4) is 5.75 Å². The van der Waals surface area contributed by atoms with Gasteiger partial charge in [-0.2, -0.15) is 0 Å². The summed E-state index contributed by atoms with van der Waals surface area (Å²) in [6.45, 7) is 5.83. The summed E-state index contributed by atoms with van der Waals surface area (Å²) in [7, 11) is 1.63. The van der Waals surface area contributed by atoms with E-state index in [2.05, 4.69) is 4.98 Å². The standard InChI is InChI=1S/C13H21NO3/c1-9(2)17-12-6-11(7-14-8-12)13(15)5-10(3)16-4/h6-10,13,15H,5H2,1-4H3. The molecule has 0 aromatic carbocycles. The first kappa shape index (κ1) is 13.9. The molecule has 96 valence electrons. The Morgan fingerprint density at radius 2 is 2.00 bits per heavy atom. The summed E-state index contributed by atoms with van der Waals surface area (Å²) in [5, 5.41) is 10.0. The zero-order chi connectivity index (χ0) is 12.8. The van der Waals surface area contributed by atoms with Gasteiger partial charge in [0.15, 0.2) is 0 Å². The Morgan fingerprint density at radius 3 is 2.59 bits per heavy atom. The summed E-state index contributed by atoms with van der Waals surface area (Å²) >= 11 is 0. The number of hydrogen-bond donors (Lipinski definition) is 1. The maximum absolute atomic E-state index is 10.0. The molecule has 0 saturated carbocycles. The van der Waals surface area contributed by atoms with E-state index in [0.717, 1.165) is 5.56 Å². The molecule has 1 aromatic heterocycles. The number of nitrogens with zero attached hydrogens (tertiary/aromatic N) is 1. The number of aromatic nitrogens is 1. The van der Waals surface area contributed by atoms with Gasteiger partial charge in [-0.1, -0.05) is 0 Å². The Hall–Kier alpha value is -1.13. The van der Waals surface area contributed by atoms with Crippen LogP contribution in [0.15, 0.2) is 18.5 Å². The van der Waals surface area contributed by atoms with Crippen LogP contribution in [0.2, 0.25) is 0 Å². The summed E-state index contributed by atoms with van der Waals surface area (Å²) in [5.41, 5.74) is 0.757. The van der Waals surface area contributed by atoms with E-state index in [9.17, 15) is 5.11 Å². The molecule has 2 unspecified atom stereocenters. The van der Waals surface area contributed by atoms with Crippen LogP contribution in [-0.4, -0.2) is 29.4 Å². The van der Waals surface area contributed by atoms with E-state index in [1.54, 1.807) is 19.5 Å². The SMILES string of the molecule is COC(C)CC(O)c1cncc(OC(C)C)c1. The molecule has 0 aliphatic rings. The number of methoxy groups -OCH3 is 1. The maximum atomic E-state index is 10.0. The predicted molar refractivity (Wildman–Crippen MR) is 66.0 cm³/mol. The van der Waals surface area contributed by atoms with Gasteiger partial charge >= 0.3 is 0 Å². The fraction of sp³-hybridized carbons (Fsp3) is 0.615. The third kappa shape index (κ3) is 4.71. The molecule has 4 nitrogen and oxygen atoms in total. The summed E-state index contributed by atoms with van der Waals surface area (Å²) in [6.07, 6.45) is 3.38. The van der Waals surface area contributed by atoms with E-state index in [-0.39, 0.29) is 12.2 Å². The van der Waals surface area contributed by atoms with Crippen LogP contribution in [0.4, 0.5) is 0 Å². The molecule has 4 heteroatoms. The number of ether oxygens (including phenoxy) is 2. The van der Waals surface area contributed by atoms with Crippen LogP contribution in [0.3, 0.4) is 0 Å². The molecular weight excluding hydrogens is 218 g/mol. The Balaban J connectivity index is 2.70. The predicted octanol–water partition coefficient (Wildman–Crippen LogP) is 2.33. The summed E-state index contributed by atoms with van der Waals surface area (Å²) < 4.78 is 10.7. The lowest BCUT2D eigenvalue weighted by Crippen LogP contribution is -2.12. The maximum Gasteiger partial charge on any atom is 0.138 e.